The van der Waals surface area contributed by atoms with E-state index in [1.165, 1.54) is 5.56 Å². The van der Waals surface area contributed by atoms with Crippen LogP contribution in [0.4, 0.5) is 0 Å². The number of rotatable bonds is 3. The molecule has 2 aliphatic heterocycles. The van der Waals surface area contributed by atoms with E-state index in [1.54, 1.807) is 0 Å². The summed E-state index contributed by atoms with van der Waals surface area (Å²) in [7, 11) is 0. The molecule has 1 unspecified atom stereocenters. The van der Waals surface area contributed by atoms with Gasteiger partial charge in [0.25, 0.3) is 5.56 Å². The van der Waals surface area contributed by atoms with E-state index in [1.807, 2.05) is 36.4 Å². The minimum Gasteiger partial charge on any atom is -0.454 e. The van der Waals surface area contributed by atoms with E-state index in [-0.39, 0.29) is 5.56 Å². The highest BCUT2D eigenvalue weighted by Gasteiger charge is 2.28. The van der Waals surface area contributed by atoms with Crippen molar-refractivity contribution in [3.05, 3.63) is 70.0 Å². The van der Waals surface area contributed by atoms with E-state index in [0.29, 0.717) is 19.4 Å². The highest BCUT2D eigenvalue weighted by Crippen LogP contribution is 2.39. The van der Waals surface area contributed by atoms with Gasteiger partial charge in [-0.3, -0.25) is 9.69 Å². The predicted octanol–water partition coefficient (Wildman–Crippen LogP) is 3.59. The zero-order valence-electron chi connectivity index (χ0n) is 14.4. The second-order valence-corrected chi connectivity index (χ2v) is 6.95. The lowest BCUT2D eigenvalue weighted by Gasteiger charge is -2.25. The van der Waals surface area contributed by atoms with Crippen molar-refractivity contribution in [3.63, 3.8) is 0 Å². The first-order valence-corrected chi connectivity index (χ1v) is 9.02. The largest absolute Gasteiger partial charge is 0.454 e. The number of fused-ring (bicyclic) bond motifs is 2. The van der Waals surface area contributed by atoms with Crippen LogP contribution in [0.1, 0.15) is 30.0 Å². The van der Waals surface area contributed by atoms with E-state index in [4.69, 9.17) is 9.47 Å². The fourth-order valence-corrected chi connectivity index (χ4v) is 4.04. The summed E-state index contributed by atoms with van der Waals surface area (Å²) >= 11 is 0. The number of hydrogen-bond donors (Lipinski definition) is 1. The Bertz CT molecular complexity index is 1030. The summed E-state index contributed by atoms with van der Waals surface area (Å²) < 4.78 is 10.9. The molecule has 3 heterocycles. The van der Waals surface area contributed by atoms with Gasteiger partial charge >= 0.3 is 0 Å². The molecular formula is C21H20N2O3. The molecule has 0 spiro atoms. The molecule has 1 atom stereocenters. The van der Waals surface area contributed by atoms with Crippen molar-refractivity contribution >= 4 is 10.9 Å². The van der Waals surface area contributed by atoms with Gasteiger partial charge in [0, 0.05) is 23.7 Å². The molecule has 5 heteroatoms. The number of para-hydroxylation sites is 1. The number of likely N-dealkylation sites (tertiary alicyclic amines) is 1. The molecule has 1 N–H and O–H groups in total. The molecule has 1 fully saturated rings. The summed E-state index contributed by atoms with van der Waals surface area (Å²) in [5.74, 6) is 1.63. The third kappa shape index (κ3) is 2.65. The molecule has 1 saturated heterocycles. The Morgan fingerprint density at radius 2 is 1.96 bits per heavy atom. The minimum absolute atomic E-state index is 0.0000340. The fraction of sp³-hybridized carbons (Fsp3) is 0.286. The number of H-pyrrole nitrogens is 1. The van der Waals surface area contributed by atoms with E-state index in [2.05, 4.69) is 22.0 Å². The average Bonchev–Trinajstić information content (AvgIpc) is 3.30. The van der Waals surface area contributed by atoms with Gasteiger partial charge in [-0.2, -0.15) is 0 Å². The lowest BCUT2D eigenvalue weighted by molar-refractivity contribution is 0.173. The Kier molecular flexibility index (Phi) is 3.68. The second kappa shape index (κ2) is 6.18. The third-order valence-electron chi connectivity index (χ3n) is 5.35. The molecule has 5 nitrogen and oxygen atoms in total. The molecule has 0 saturated carbocycles. The number of aromatic nitrogens is 1. The van der Waals surface area contributed by atoms with E-state index < -0.39 is 0 Å². The predicted molar refractivity (Wildman–Crippen MR) is 99.5 cm³/mol. The second-order valence-electron chi connectivity index (χ2n) is 6.95. The van der Waals surface area contributed by atoms with Gasteiger partial charge in [-0.05, 0) is 54.6 Å². The van der Waals surface area contributed by atoms with Crippen LogP contribution in [0, 0.1) is 0 Å². The zero-order valence-corrected chi connectivity index (χ0v) is 14.4. The van der Waals surface area contributed by atoms with Crippen molar-refractivity contribution in [1.82, 2.24) is 9.88 Å². The van der Waals surface area contributed by atoms with Crippen LogP contribution in [-0.4, -0.2) is 23.2 Å². The summed E-state index contributed by atoms with van der Waals surface area (Å²) in [6.07, 6.45) is 2.22. The van der Waals surface area contributed by atoms with Gasteiger partial charge in [-0.15, -0.1) is 0 Å². The van der Waals surface area contributed by atoms with Crippen molar-refractivity contribution < 1.29 is 9.47 Å². The Labute approximate surface area is 151 Å². The summed E-state index contributed by atoms with van der Waals surface area (Å²) in [4.78, 5) is 17.9. The Morgan fingerprint density at radius 3 is 2.92 bits per heavy atom. The summed E-state index contributed by atoms with van der Waals surface area (Å²) in [6, 6.07) is 16.4. The maximum atomic E-state index is 12.5. The zero-order chi connectivity index (χ0) is 17.5. The summed E-state index contributed by atoms with van der Waals surface area (Å²) in [5, 5.41) is 1.07. The molecule has 0 bridgehead atoms. The van der Waals surface area contributed by atoms with Crippen molar-refractivity contribution in [2.45, 2.75) is 25.4 Å². The average molecular weight is 348 g/mol. The van der Waals surface area contributed by atoms with Crippen LogP contribution in [0.15, 0.2) is 53.3 Å². The summed E-state index contributed by atoms with van der Waals surface area (Å²) in [6.45, 7) is 1.93. The van der Waals surface area contributed by atoms with E-state index in [9.17, 15) is 4.79 Å². The van der Waals surface area contributed by atoms with Crippen LogP contribution < -0.4 is 15.0 Å². The first-order valence-electron chi connectivity index (χ1n) is 9.02. The Hall–Kier alpha value is -2.79. The van der Waals surface area contributed by atoms with Gasteiger partial charge in [0.1, 0.15) is 0 Å². The van der Waals surface area contributed by atoms with Crippen LogP contribution in [0.5, 0.6) is 11.5 Å². The van der Waals surface area contributed by atoms with Crippen molar-refractivity contribution in [3.8, 4) is 11.5 Å². The molecule has 26 heavy (non-hydrogen) atoms. The maximum absolute atomic E-state index is 12.5. The first kappa shape index (κ1) is 15.5. The topological polar surface area (TPSA) is 54.6 Å². The van der Waals surface area contributed by atoms with Gasteiger partial charge in [0.2, 0.25) is 6.79 Å². The summed E-state index contributed by atoms with van der Waals surface area (Å²) in [5.41, 5.74) is 2.93. The Balaban J connectivity index is 1.44. The van der Waals surface area contributed by atoms with Gasteiger partial charge in [-0.25, -0.2) is 0 Å². The van der Waals surface area contributed by atoms with Crippen LogP contribution in [0.2, 0.25) is 0 Å². The highest BCUT2D eigenvalue weighted by atomic mass is 16.7. The number of ether oxygens (including phenoxy) is 2. The quantitative estimate of drug-likeness (QED) is 0.786. The SMILES string of the molecule is O=c1[nH]c2ccccc2cc1CN1CCCC1c1ccc2c(c1)OCO2. The van der Waals surface area contributed by atoms with Crippen molar-refractivity contribution in [2.75, 3.05) is 13.3 Å². The molecular weight excluding hydrogens is 328 g/mol. The number of nitrogens with one attached hydrogen (secondary N) is 1. The third-order valence-corrected chi connectivity index (χ3v) is 5.35. The normalized spacial score (nSPS) is 19.3. The van der Waals surface area contributed by atoms with Crippen LogP contribution in [0.25, 0.3) is 10.9 Å². The van der Waals surface area contributed by atoms with Crippen LogP contribution in [0.3, 0.4) is 0 Å². The lowest BCUT2D eigenvalue weighted by Crippen LogP contribution is -2.26. The highest BCUT2D eigenvalue weighted by molar-refractivity contribution is 5.78. The fourth-order valence-electron chi connectivity index (χ4n) is 4.04. The molecule has 0 amide bonds. The molecule has 0 radical (unpaired) electrons. The molecule has 0 aliphatic carbocycles. The number of hydrogen-bond acceptors (Lipinski definition) is 4. The molecule has 2 aliphatic rings. The standard InChI is InChI=1S/C21H20N2O3/c24-21-16(10-14-4-1-2-5-17(14)22-21)12-23-9-3-6-18(23)15-7-8-19-20(11-15)26-13-25-19/h1-2,4-5,7-8,10-11,18H,3,6,9,12-13H2,(H,22,24). The molecule has 132 valence electrons. The van der Waals surface area contributed by atoms with Crippen molar-refractivity contribution in [1.29, 1.82) is 0 Å². The Morgan fingerprint density at radius 1 is 1.08 bits per heavy atom. The smallest absolute Gasteiger partial charge is 0.252 e. The van der Waals surface area contributed by atoms with Gasteiger partial charge in [-0.1, -0.05) is 24.3 Å². The molecule has 1 aromatic heterocycles. The lowest BCUT2D eigenvalue weighted by atomic mass is 10.0. The monoisotopic (exact) mass is 348 g/mol. The number of aromatic amines is 1. The van der Waals surface area contributed by atoms with Gasteiger partial charge < -0.3 is 14.5 Å². The number of benzene rings is 2. The first-order chi connectivity index (χ1) is 12.8. The van der Waals surface area contributed by atoms with E-state index in [0.717, 1.165) is 47.4 Å². The minimum atomic E-state index is 0.0000340. The maximum Gasteiger partial charge on any atom is 0.252 e. The number of nitrogens with zero attached hydrogens (tertiary/aromatic N) is 1. The van der Waals surface area contributed by atoms with Crippen molar-refractivity contribution in [2.24, 2.45) is 0 Å². The van der Waals surface area contributed by atoms with Crippen LogP contribution in [-0.2, 0) is 6.54 Å². The van der Waals surface area contributed by atoms with E-state index >= 15 is 0 Å². The van der Waals surface area contributed by atoms with Gasteiger partial charge in [0.05, 0.1) is 0 Å². The van der Waals surface area contributed by atoms with Gasteiger partial charge in [0.15, 0.2) is 11.5 Å². The molecule has 2 aromatic carbocycles. The molecule has 5 rings (SSSR count). The number of pyridine rings is 1. The molecule has 3 aromatic rings. The van der Waals surface area contributed by atoms with Crippen LogP contribution >= 0.6 is 0 Å².